The molecule has 1 heterocycles. The van der Waals surface area contributed by atoms with Crippen LogP contribution in [0.25, 0.3) is 0 Å². The predicted octanol–water partition coefficient (Wildman–Crippen LogP) is 5.59. The van der Waals surface area contributed by atoms with Gasteiger partial charge in [-0.15, -0.1) is 11.3 Å². The molecule has 1 aromatic heterocycles. The Morgan fingerprint density at radius 3 is 2.33 bits per heavy atom. The third-order valence-electron chi connectivity index (χ3n) is 5.91. The molecule has 0 aliphatic carbocycles. The number of amides is 3. The summed E-state index contributed by atoms with van der Waals surface area (Å²) in [7, 11) is 3.22. The number of rotatable bonds is 12. The number of urea groups is 1. The van der Waals surface area contributed by atoms with Gasteiger partial charge in [0.25, 0.3) is 0 Å². The van der Waals surface area contributed by atoms with E-state index in [1.165, 1.54) is 0 Å². The lowest BCUT2D eigenvalue weighted by atomic mass is 10.1. The maximum Gasteiger partial charge on any atom is 0.322 e. The molecule has 36 heavy (non-hydrogen) atoms. The number of hydrogen-bond donors (Lipinski definition) is 1. The first kappa shape index (κ1) is 27.1. The van der Waals surface area contributed by atoms with Gasteiger partial charge in [0.1, 0.15) is 6.54 Å². The number of thiophene rings is 1. The molecule has 0 atom stereocenters. The van der Waals surface area contributed by atoms with E-state index in [2.05, 4.69) is 18.3 Å². The Kier molecular flexibility index (Phi) is 10.2. The van der Waals surface area contributed by atoms with Crippen molar-refractivity contribution in [3.05, 3.63) is 76.0 Å². The molecule has 0 fully saturated rings. The third kappa shape index (κ3) is 7.49. The van der Waals surface area contributed by atoms with Crippen molar-refractivity contribution in [3.63, 3.8) is 0 Å². The highest BCUT2D eigenvalue weighted by Gasteiger charge is 2.22. The highest BCUT2D eigenvalue weighted by atomic mass is 32.1. The molecule has 3 aromatic rings. The number of hydrogen-bond acceptors (Lipinski definition) is 5. The topological polar surface area (TPSA) is 71.1 Å². The smallest absolute Gasteiger partial charge is 0.322 e. The van der Waals surface area contributed by atoms with E-state index in [4.69, 9.17) is 9.47 Å². The van der Waals surface area contributed by atoms with Gasteiger partial charge in [0.15, 0.2) is 11.5 Å². The minimum atomic E-state index is -0.274. The highest BCUT2D eigenvalue weighted by molar-refractivity contribution is 7.10. The van der Waals surface area contributed by atoms with Crippen molar-refractivity contribution < 1.29 is 19.1 Å². The molecule has 0 unspecified atom stereocenters. The molecule has 0 spiro atoms. The van der Waals surface area contributed by atoms with Gasteiger partial charge in [-0.05, 0) is 66.6 Å². The number of aryl methyl sites for hydroxylation is 1. The van der Waals surface area contributed by atoms with Crippen molar-refractivity contribution in [2.45, 2.75) is 33.2 Å². The van der Waals surface area contributed by atoms with Gasteiger partial charge in [-0.1, -0.05) is 31.2 Å². The molecule has 0 bridgehead atoms. The summed E-state index contributed by atoms with van der Waals surface area (Å²) in [6, 6.07) is 16.9. The first-order valence-corrected chi connectivity index (χ1v) is 13.0. The molecule has 0 radical (unpaired) electrons. The molecular weight excluding hydrogens is 474 g/mol. The van der Waals surface area contributed by atoms with Crippen LogP contribution in [0.2, 0.25) is 0 Å². The van der Waals surface area contributed by atoms with E-state index in [0.29, 0.717) is 43.2 Å². The Bertz CT molecular complexity index is 1130. The van der Waals surface area contributed by atoms with E-state index in [1.54, 1.807) is 30.5 Å². The van der Waals surface area contributed by atoms with E-state index in [9.17, 15) is 9.59 Å². The van der Waals surface area contributed by atoms with Crippen LogP contribution in [-0.4, -0.2) is 55.6 Å². The summed E-state index contributed by atoms with van der Waals surface area (Å²) in [5, 5.41) is 4.94. The lowest BCUT2D eigenvalue weighted by Crippen LogP contribution is -2.45. The molecule has 8 heteroatoms. The number of para-hydroxylation sites is 1. The summed E-state index contributed by atoms with van der Waals surface area (Å²) < 4.78 is 10.8. The quantitative estimate of drug-likeness (QED) is 0.346. The molecule has 7 nitrogen and oxygen atoms in total. The fourth-order valence-electron chi connectivity index (χ4n) is 3.84. The zero-order valence-corrected chi connectivity index (χ0v) is 22.3. The molecule has 2 aromatic carbocycles. The van der Waals surface area contributed by atoms with E-state index in [-0.39, 0.29) is 18.5 Å². The SMILES string of the molecule is CCCN(CC(=O)N(CCc1ccc(OC)c(OC)c1)Cc1sccc1C)C(=O)Nc1ccccc1. The van der Waals surface area contributed by atoms with Crippen LogP contribution in [0.15, 0.2) is 60.0 Å². The Labute approximate surface area is 217 Å². The second kappa shape index (κ2) is 13.5. The third-order valence-corrected chi connectivity index (χ3v) is 6.91. The molecule has 0 aliphatic rings. The number of ether oxygens (including phenoxy) is 2. The van der Waals surface area contributed by atoms with Gasteiger partial charge >= 0.3 is 6.03 Å². The molecule has 1 N–H and O–H groups in total. The second-order valence-corrected chi connectivity index (χ2v) is 9.50. The van der Waals surface area contributed by atoms with E-state index in [0.717, 1.165) is 22.4 Å². The van der Waals surface area contributed by atoms with Crippen molar-refractivity contribution in [3.8, 4) is 11.5 Å². The summed E-state index contributed by atoms with van der Waals surface area (Å²) in [5.41, 5.74) is 2.91. The number of anilines is 1. The first-order valence-electron chi connectivity index (χ1n) is 12.1. The molecule has 3 rings (SSSR count). The Morgan fingerprint density at radius 1 is 0.944 bits per heavy atom. The fourth-order valence-corrected chi connectivity index (χ4v) is 4.76. The van der Waals surface area contributed by atoms with Crippen molar-refractivity contribution in [2.24, 2.45) is 0 Å². The Morgan fingerprint density at radius 2 is 1.69 bits per heavy atom. The first-order chi connectivity index (χ1) is 17.4. The summed E-state index contributed by atoms with van der Waals surface area (Å²) in [6.45, 7) is 5.59. The van der Waals surface area contributed by atoms with Gasteiger partial charge in [-0.2, -0.15) is 0 Å². The van der Waals surface area contributed by atoms with Gasteiger partial charge in [-0.3, -0.25) is 4.79 Å². The number of nitrogens with one attached hydrogen (secondary N) is 1. The monoisotopic (exact) mass is 509 g/mol. The Hall–Kier alpha value is -3.52. The number of methoxy groups -OCH3 is 2. The lowest BCUT2D eigenvalue weighted by molar-refractivity contribution is -0.132. The van der Waals surface area contributed by atoms with Crippen LogP contribution in [-0.2, 0) is 17.8 Å². The van der Waals surface area contributed by atoms with Crippen LogP contribution in [0.4, 0.5) is 10.5 Å². The minimum absolute atomic E-state index is 0.0167. The summed E-state index contributed by atoms with van der Waals surface area (Å²) >= 11 is 1.64. The fraction of sp³-hybridized carbons (Fsp3) is 0.357. The van der Waals surface area contributed by atoms with E-state index >= 15 is 0 Å². The average molecular weight is 510 g/mol. The molecular formula is C28H35N3O4S. The highest BCUT2D eigenvalue weighted by Crippen LogP contribution is 2.28. The van der Waals surface area contributed by atoms with Crippen LogP contribution in [0.1, 0.15) is 29.3 Å². The van der Waals surface area contributed by atoms with Crippen molar-refractivity contribution >= 4 is 29.0 Å². The summed E-state index contributed by atoms with van der Waals surface area (Å²) in [5.74, 6) is 1.25. The van der Waals surface area contributed by atoms with E-state index < -0.39 is 0 Å². The Balaban J connectivity index is 1.74. The van der Waals surface area contributed by atoms with Crippen LogP contribution >= 0.6 is 11.3 Å². The van der Waals surface area contributed by atoms with Gasteiger partial charge in [0.05, 0.1) is 20.8 Å². The lowest BCUT2D eigenvalue weighted by Gasteiger charge is -2.28. The summed E-state index contributed by atoms with van der Waals surface area (Å²) in [4.78, 5) is 31.1. The van der Waals surface area contributed by atoms with Gasteiger partial charge < -0.3 is 24.6 Å². The number of carbonyl (C=O) groups excluding carboxylic acids is 2. The molecule has 0 saturated heterocycles. The maximum atomic E-state index is 13.5. The number of nitrogens with zero attached hydrogens (tertiary/aromatic N) is 2. The molecule has 0 aliphatic heterocycles. The summed E-state index contributed by atoms with van der Waals surface area (Å²) in [6.07, 6.45) is 1.41. The van der Waals surface area contributed by atoms with Gasteiger partial charge in [0, 0.05) is 23.7 Å². The van der Waals surface area contributed by atoms with Gasteiger partial charge in [0.2, 0.25) is 5.91 Å². The number of benzene rings is 2. The van der Waals surface area contributed by atoms with Crippen molar-refractivity contribution in [1.29, 1.82) is 0 Å². The number of carbonyl (C=O) groups is 2. The minimum Gasteiger partial charge on any atom is -0.493 e. The molecule has 3 amide bonds. The standard InChI is InChI=1S/C28H35N3O4S/c1-5-15-31(28(33)29-23-9-7-6-8-10-23)20-27(32)30(19-26-21(2)14-17-36-26)16-13-22-11-12-24(34-3)25(18-22)35-4/h6-12,14,17-18H,5,13,15-16,19-20H2,1-4H3,(H,29,33). The zero-order chi connectivity index (χ0) is 25.9. The maximum absolute atomic E-state index is 13.5. The van der Waals surface area contributed by atoms with Crippen molar-refractivity contribution in [1.82, 2.24) is 9.80 Å². The van der Waals surface area contributed by atoms with Crippen LogP contribution in [0, 0.1) is 6.92 Å². The normalized spacial score (nSPS) is 10.6. The van der Waals surface area contributed by atoms with Crippen molar-refractivity contribution in [2.75, 3.05) is 39.2 Å². The largest absolute Gasteiger partial charge is 0.493 e. The van der Waals surface area contributed by atoms with E-state index in [1.807, 2.05) is 65.7 Å². The molecule has 0 saturated carbocycles. The van der Waals surface area contributed by atoms with Crippen LogP contribution < -0.4 is 14.8 Å². The average Bonchev–Trinajstić information content (AvgIpc) is 3.30. The zero-order valence-electron chi connectivity index (χ0n) is 21.5. The van der Waals surface area contributed by atoms with Gasteiger partial charge in [-0.25, -0.2) is 4.79 Å². The van der Waals surface area contributed by atoms with Crippen LogP contribution in [0.3, 0.4) is 0 Å². The van der Waals surface area contributed by atoms with Crippen LogP contribution in [0.5, 0.6) is 11.5 Å². The predicted molar refractivity (Wildman–Crippen MR) is 145 cm³/mol. The molecule has 192 valence electrons. The second-order valence-electron chi connectivity index (χ2n) is 8.50.